The molecule has 0 heterocycles. The topological polar surface area (TPSA) is 91.2 Å². The van der Waals surface area contributed by atoms with Gasteiger partial charge >= 0.3 is 0 Å². The molecule has 0 fully saturated rings. The van der Waals surface area contributed by atoms with E-state index in [0.717, 1.165) is 11.1 Å². The van der Waals surface area contributed by atoms with Crippen LogP contribution in [0.15, 0.2) is 72.3 Å². The molecule has 33 heavy (non-hydrogen) atoms. The molecular formula is C26H22ClN3O3. The van der Waals surface area contributed by atoms with Crippen LogP contribution in [0, 0.1) is 25.2 Å². The van der Waals surface area contributed by atoms with E-state index in [9.17, 15) is 14.9 Å². The Balaban J connectivity index is 1.64. The van der Waals surface area contributed by atoms with Gasteiger partial charge < -0.3 is 15.4 Å². The molecule has 2 N–H and O–H groups in total. The second-order valence-corrected chi connectivity index (χ2v) is 7.79. The van der Waals surface area contributed by atoms with Crippen LogP contribution in [0.1, 0.15) is 16.7 Å². The second kappa shape index (κ2) is 11.0. The van der Waals surface area contributed by atoms with Gasteiger partial charge in [0.05, 0.1) is 0 Å². The van der Waals surface area contributed by atoms with E-state index in [1.165, 1.54) is 6.08 Å². The number of carbonyl (C=O) groups is 2. The van der Waals surface area contributed by atoms with Gasteiger partial charge in [-0.15, -0.1) is 0 Å². The monoisotopic (exact) mass is 459 g/mol. The number of anilines is 2. The summed E-state index contributed by atoms with van der Waals surface area (Å²) in [6, 6.07) is 21.1. The van der Waals surface area contributed by atoms with E-state index in [1.807, 2.05) is 32.0 Å². The van der Waals surface area contributed by atoms with Crippen molar-refractivity contribution in [3.8, 4) is 11.8 Å². The largest absolute Gasteiger partial charge is 0.484 e. The number of carbonyl (C=O) groups excluding carboxylic acids is 2. The number of aryl methyl sites for hydroxylation is 2. The summed E-state index contributed by atoms with van der Waals surface area (Å²) in [6.07, 6.45) is 1.47. The van der Waals surface area contributed by atoms with E-state index in [4.69, 9.17) is 16.3 Å². The maximum atomic E-state index is 12.6. The molecule has 0 saturated heterocycles. The highest BCUT2D eigenvalue weighted by Gasteiger charge is 2.11. The van der Waals surface area contributed by atoms with Crippen molar-refractivity contribution in [2.24, 2.45) is 0 Å². The van der Waals surface area contributed by atoms with E-state index in [1.54, 1.807) is 54.6 Å². The molecule has 0 aliphatic rings. The second-order valence-electron chi connectivity index (χ2n) is 7.36. The number of nitrogens with zero attached hydrogens (tertiary/aromatic N) is 1. The van der Waals surface area contributed by atoms with Crippen LogP contribution in [-0.2, 0) is 9.59 Å². The van der Waals surface area contributed by atoms with Crippen LogP contribution < -0.4 is 15.4 Å². The first-order valence-corrected chi connectivity index (χ1v) is 10.5. The van der Waals surface area contributed by atoms with Crippen LogP contribution >= 0.6 is 11.6 Å². The summed E-state index contributed by atoms with van der Waals surface area (Å²) in [5.74, 6) is -0.399. The summed E-state index contributed by atoms with van der Waals surface area (Å²) in [5, 5.41) is 15.5. The van der Waals surface area contributed by atoms with E-state index < -0.39 is 5.91 Å². The lowest BCUT2D eigenvalue weighted by Gasteiger charge is -2.09. The molecule has 7 heteroatoms. The minimum absolute atomic E-state index is 0.0485. The fourth-order valence-electron chi connectivity index (χ4n) is 3.03. The van der Waals surface area contributed by atoms with Gasteiger partial charge in [-0.1, -0.05) is 41.4 Å². The van der Waals surface area contributed by atoms with Crippen molar-refractivity contribution >= 4 is 40.9 Å². The Kier molecular flexibility index (Phi) is 7.85. The Hall–Kier alpha value is -4.08. The number of nitrogens with one attached hydrogen (secondary N) is 2. The normalized spacial score (nSPS) is 10.8. The van der Waals surface area contributed by atoms with Gasteiger partial charge in [-0.2, -0.15) is 5.26 Å². The van der Waals surface area contributed by atoms with Gasteiger partial charge in [-0.05, 0) is 73.5 Å². The molecule has 3 aromatic rings. The van der Waals surface area contributed by atoms with Crippen molar-refractivity contribution in [3.63, 3.8) is 0 Å². The molecule has 3 aromatic carbocycles. The summed E-state index contributed by atoms with van der Waals surface area (Å²) in [5.41, 5.74) is 3.80. The molecule has 0 radical (unpaired) electrons. The predicted octanol–water partition coefficient (Wildman–Crippen LogP) is 5.52. The third-order valence-electron chi connectivity index (χ3n) is 4.66. The summed E-state index contributed by atoms with van der Waals surface area (Å²) < 4.78 is 5.55. The SMILES string of the molecule is Cc1ccc(NC(=O)/C(C#N)=C\c2cccc(OCC(=O)Nc3ccc(Cl)cc3)c2)c(C)c1. The Bertz CT molecular complexity index is 1240. The smallest absolute Gasteiger partial charge is 0.266 e. The number of hydrogen-bond acceptors (Lipinski definition) is 4. The van der Waals surface area contributed by atoms with Gasteiger partial charge in [0.2, 0.25) is 0 Å². The highest BCUT2D eigenvalue weighted by molar-refractivity contribution is 6.30. The Labute approximate surface area is 197 Å². The van der Waals surface area contributed by atoms with Gasteiger partial charge in [0.1, 0.15) is 17.4 Å². The van der Waals surface area contributed by atoms with Crippen molar-refractivity contribution in [3.05, 3.63) is 94.0 Å². The molecule has 0 aliphatic heterocycles. The molecule has 0 spiro atoms. The summed E-state index contributed by atoms with van der Waals surface area (Å²) >= 11 is 5.84. The molecular weight excluding hydrogens is 438 g/mol. The Morgan fingerprint density at radius 2 is 1.79 bits per heavy atom. The zero-order chi connectivity index (χ0) is 23.8. The molecule has 0 aromatic heterocycles. The van der Waals surface area contributed by atoms with Crippen LogP contribution in [0.3, 0.4) is 0 Å². The number of ether oxygens (including phenoxy) is 1. The lowest BCUT2D eigenvalue weighted by atomic mass is 10.1. The van der Waals surface area contributed by atoms with Gasteiger partial charge in [-0.3, -0.25) is 9.59 Å². The first-order valence-electron chi connectivity index (χ1n) is 10.1. The lowest BCUT2D eigenvalue weighted by Crippen LogP contribution is -2.20. The van der Waals surface area contributed by atoms with E-state index in [2.05, 4.69) is 10.6 Å². The first-order chi connectivity index (χ1) is 15.8. The van der Waals surface area contributed by atoms with E-state index in [-0.39, 0.29) is 18.1 Å². The minimum atomic E-state index is -0.502. The third-order valence-corrected chi connectivity index (χ3v) is 4.91. The number of benzene rings is 3. The molecule has 166 valence electrons. The Morgan fingerprint density at radius 1 is 1.03 bits per heavy atom. The number of rotatable bonds is 7. The third kappa shape index (κ3) is 6.96. The van der Waals surface area contributed by atoms with Gasteiger partial charge in [0, 0.05) is 16.4 Å². The first kappa shape index (κ1) is 23.6. The molecule has 0 unspecified atom stereocenters. The number of nitriles is 1. The quantitative estimate of drug-likeness (QED) is 0.359. The molecule has 0 bridgehead atoms. The standard InChI is InChI=1S/C26H22ClN3O3/c1-17-6-11-24(18(2)12-17)30-26(32)20(15-28)13-19-4-3-5-23(14-19)33-16-25(31)29-22-9-7-21(27)8-10-22/h3-14H,16H2,1-2H3,(H,29,31)(H,30,32)/b20-13-. The maximum Gasteiger partial charge on any atom is 0.266 e. The van der Waals surface area contributed by atoms with Crippen molar-refractivity contribution in [1.82, 2.24) is 0 Å². The zero-order valence-electron chi connectivity index (χ0n) is 18.2. The predicted molar refractivity (Wildman–Crippen MR) is 130 cm³/mol. The molecule has 0 saturated carbocycles. The number of halogens is 1. The highest BCUT2D eigenvalue weighted by atomic mass is 35.5. The molecule has 6 nitrogen and oxygen atoms in total. The van der Waals surface area contributed by atoms with E-state index in [0.29, 0.717) is 27.7 Å². The van der Waals surface area contributed by atoms with Crippen LogP contribution in [0.4, 0.5) is 11.4 Å². The average Bonchev–Trinajstić information content (AvgIpc) is 2.79. The van der Waals surface area contributed by atoms with Crippen molar-refractivity contribution in [2.75, 3.05) is 17.2 Å². The van der Waals surface area contributed by atoms with Gasteiger partial charge in [0.25, 0.3) is 11.8 Å². The lowest BCUT2D eigenvalue weighted by molar-refractivity contribution is -0.118. The minimum Gasteiger partial charge on any atom is -0.484 e. The molecule has 2 amide bonds. The highest BCUT2D eigenvalue weighted by Crippen LogP contribution is 2.19. The molecule has 3 rings (SSSR count). The van der Waals surface area contributed by atoms with Crippen LogP contribution in [-0.4, -0.2) is 18.4 Å². The fraction of sp³-hybridized carbons (Fsp3) is 0.115. The Morgan fingerprint density at radius 3 is 2.48 bits per heavy atom. The average molecular weight is 460 g/mol. The molecule has 0 aliphatic carbocycles. The number of amides is 2. The van der Waals surface area contributed by atoms with Gasteiger partial charge in [-0.25, -0.2) is 0 Å². The molecule has 0 atom stereocenters. The van der Waals surface area contributed by atoms with Crippen LogP contribution in [0.5, 0.6) is 5.75 Å². The summed E-state index contributed by atoms with van der Waals surface area (Å²) in [4.78, 5) is 24.7. The van der Waals surface area contributed by atoms with Gasteiger partial charge in [0.15, 0.2) is 6.61 Å². The van der Waals surface area contributed by atoms with Crippen molar-refractivity contribution in [2.45, 2.75) is 13.8 Å². The fourth-order valence-corrected chi connectivity index (χ4v) is 3.16. The van der Waals surface area contributed by atoms with Crippen molar-refractivity contribution < 1.29 is 14.3 Å². The van der Waals surface area contributed by atoms with E-state index >= 15 is 0 Å². The number of hydrogen-bond donors (Lipinski definition) is 2. The summed E-state index contributed by atoms with van der Waals surface area (Å²) in [6.45, 7) is 3.66. The summed E-state index contributed by atoms with van der Waals surface area (Å²) in [7, 11) is 0. The van der Waals surface area contributed by atoms with Crippen LogP contribution in [0.2, 0.25) is 5.02 Å². The van der Waals surface area contributed by atoms with Crippen molar-refractivity contribution in [1.29, 1.82) is 5.26 Å². The van der Waals surface area contributed by atoms with Crippen LogP contribution in [0.25, 0.3) is 6.08 Å². The maximum absolute atomic E-state index is 12.6. The zero-order valence-corrected chi connectivity index (χ0v) is 18.9.